The number of carbonyl (C=O) groups is 2. The normalized spacial score (nSPS) is 15.9. The van der Waals surface area contributed by atoms with Crippen LogP contribution in [0.5, 0.6) is 5.75 Å². The highest BCUT2D eigenvalue weighted by molar-refractivity contribution is 8.15. The third-order valence-corrected chi connectivity index (χ3v) is 6.00. The predicted molar refractivity (Wildman–Crippen MR) is 128 cm³/mol. The van der Waals surface area contributed by atoms with E-state index in [4.69, 9.17) is 9.57 Å². The van der Waals surface area contributed by atoms with Gasteiger partial charge in [0, 0.05) is 23.5 Å². The molecular formula is C25H23N3O4S. The number of imide groups is 1. The van der Waals surface area contributed by atoms with Crippen molar-refractivity contribution in [1.82, 2.24) is 10.3 Å². The molecule has 1 N–H and O–H groups in total. The summed E-state index contributed by atoms with van der Waals surface area (Å²) in [7, 11) is 0. The summed E-state index contributed by atoms with van der Waals surface area (Å²) in [5.41, 5.74) is 4.71. The Balaban J connectivity index is 1.23. The third kappa shape index (κ3) is 6.20. The van der Waals surface area contributed by atoms with Crippen LogP contribution in [0.25, 0.3) is 11.1 Å². The molecule has 0 radical (unpaired) electrons. The molecule has 8 heteroatoms. The molecule has 7 nitrogen and oxygen atoms in total. The van der Waals surface area contributed by atoms with Crippen LogP contribution in [0.3, 0.4) is 0 Å². The minimum atomic E-state index is -0.373. The van der Waals surface area contributed by atoms with Gasteiger partial charge in [-0.3, -0.25) is 19.9 Å². The molecule has 0 aliphatic carbocycles. The van der Waals surface area contributed by atoms with Crippen molar-refractivity contribution >= 4 is 28.6 Å². The van der Waals surface area contributed by atoms with Gasteiger partial charge in [-0.1, -0.05) is 59.4 Å². The van der Waals surface area contributed by atoms with E-state index in [-0.39, 0.29) is 16.4 Å². The maximum atomic E-state index is 11.7. The quantitative estimate of drug-likeness (QED) is 0.287. The van der Waals surface area contributed by atoms with Crippen molar-refractivity contribution < 1.29 is 19.2 Å². The summed E-state index contributed by atoms with van der Waals surface area (Å²) in [5.74, 6) is 0.461. The lowest BCUT2D eigenvalue weighted by Crippen LogP contribution is -2.25. The number of hydrogen-bond donors (Lipinski definition) is 1. The fourth-order valence-electron chi connectivity index (χ4n) is 3.28. The summed E-state index contributed by atoms with van der Waals surface area (Å²) < 4.78 is 5.69. The molecule has 1 fully saturated rings. The number of carbonyl (C=O) groups excluding carboxylic acids is 2. The average Bonchev–Trinajstić information content (AvgIpc) is 3.16. The van der Waals surface area contributed by atoms with Crippen molar-refractivity contribution in [2.24, 2.45) is 5.16 Å². The molecule has 2 amide bonds. The molecule has 168 valence electrons. The second-order valence-corrected chi connectivity index (χ2v) is 8.59. The molecule has 0 spiro atoms. The van der Waals surface area contributed by atoms with Gasteiger partial charge in [-0.15, -0.1) is 0 Å². The summed E-state index contributed by atoms with van der Waals surface area (Å²) in [6.07, 6.45) is 4.09. The number of oxime groups is 1. The maximum Gasteiger partial charge on any atom is 0.286 e. The topological polar surface area (TPSA) is 89.9 Å². The molecule has 2 heterocycles. The van der Waals surface area contributed by atoms with E-state index in [9.17, 15) is 9.59 Å². The molecule has 33 heavy (non-hydrogen) atoms. The van der Waals surface area contributed by atoms with E-state index < -0.39 is 0 Å². The predicted octanol–water partition coefficient (Wildman–Crippen LogP) is 4.46. The molecule has 0 saturated carbocycles. The molecule has 1 aliphatic rings. The van der Waals surface area contributed by atoms with E-state index in [1.54, 1.807) is 6.20 Å². The lowest BCUT2D eigenvalue weighted by atomic mass is 10.0. The fourth-order valence-corrected chi connectivity index (χ4v) is 4.14. The number of nitrogens with one attached hydrogen (secondary N) is 1. The molecule has 1 unspecified atom stereocenters. The van der Waals surface area contributed by atoms with Gasteiger partial charge < -0.3 is 9.57 Å². The molecule has 1 saturated heterocycles. The van der Waals surface area contributed by atoms with Gasteiger partial charge >= 0.3 is 0 Å². The summed E-state index contributed by atoms with van der Waals surface area (Å²) >= 11 is 1.03. The van der Waals surface area contributed by atoms with Crippen molar-refractivity contribution in [3.8, 4) is 16.9 Å². The van der Waals surface area contributed by atoms with Crippen molar-refractivity contribution in [1.29, 1.82) is 0 Å². The van der Waals surface area contributed by atoms with Crippen LogP contribution in [0.2, 0.25) is 0 Å². The number of hydrogen-bond acceptors (Lipinski definition) is 7. The second-order valence-electron chi connectivity index (χ2n) is 7.42. The van der Waals surface area contributed by atoms with Crippen LogP contribution in [0, 0.1) is 0 Å². The molecule has 1 atom stereocenters. The van der Waals surface area contributed by atoms with Crippen molar-refractivity contribution in [2.75, 3.05) is 13.2 Å². The number of thioether (sulfide) groups is 1. The zero-order valence-electron chi connectivity index (χ0n) is 18.1. The van der Waals surface area contributed by atoms with E-state index in [0.29, 0.717) is 25.4 Å². The first-order valence-corrected chi connectivity index (χ1v) is 11.4. The smallest absolute Gasteiger partial charge is 0.286 e. The summed E-state index contributed by atoms with van der Waals surface area (Å²) in [4.78, 5) is 32.7. The fraction of sp³-hybridized carbons (Fsp3) is 0.200. The largest absolute Gasteiger partial charge is 0.490 e. The highest BCUT2D eigenvalue weighted by Gasteiger charge is 2.31. The molecule has 1 aromatic heterocycles. The highest BCUT2D eigenvalue weighted by Crippen LogP contribution is 2.24. The average molecular weight is 462 g/mol. The Hall–Kier alpha value is -3.65. The molecule has 4 rings (SSSR count). The Kier molecular flexibility index (Phi) is 7.36. The minimum absolute atomic E-state index is 0.235. The van der Waals surface area contributed by atoms with Gasteiger partial charge in [0.25, 0.3) is 5.24 Å². The van der Waals surface area contributed by atoms with Gasteiger partial charge in [-0.2, -0.15) is 0 Å². The number of aromatic nitrogens is 1. The Morgan fingerprint density at radius 2 is 1.82 bits per heavy atom. The first-order chi connectivity index (χ1) is 16.1. The summed E-state index contributed by atoms with van der Waals surface area (Å²) in [5, 5.41) is 5.81. The van der Waals surface area contributed by atoms with Crippen LogP contribution in [-0.4, -0.2) is 40.3 Å². The standard InChI is InChI=1S/C25H23N3O4S/c1-17(20-14-21(16-26-15-20)19-5-3-2-4-6-19)28-32-12-11-31-22-9-7-18(8-10-22)13-23-24(29)27-25(30)33-23/h2-10,14-16,23H,11-13H2,1H3,(H,27,29,30). The zero-order valence-corrected chi connectivity index (χ0v) is 18.9. The number of rotatable bonds is 9. The Bertz CT molecular complexity index is 1150. The number of nitrogens with zero attached hydrogens (tertiary/aromatic N) is 2. The number of ether oxygens (including phenoxy) is 1. The van der Waals surface area contributed by atoms with Gasteiger partial charge in [0.1, 0.15) is 12.4 Å². The molecule has 0 bridgehead atoms. The molecular weight excluding hydrogens is 438 g/mol. The first-order valence-electron chi connectivity index (χ1n) is 10.5. The summed E-state index contributed by atoms with van der Waals surface area (Å²) in [6.45, 7) is 2.52. The lowest BCUT2D eigenvalue weighted by molar-refractivity contribution is -0.118. The monoisotopic (exact) mass is 461 g/mol. The van der Waals surface area contributed by atoms with E-state index in [0.717, 1.165) is 39.7 Å². The summed E-state index contributed by atoms with van der Waals surface area (Å²) in [6, 6.07) is 19.5. The Labute approximate surface area is 196 Å². The van der Waals surface area contributed by atoms with Crippen LogP contribution in [0.4, 0.5) is 4.79 Å². The molecule has 3 aromatic rings. The highest BCUT2D eigenvalue weighted by atomic mass is 32.2. The number of benzene rings is 2. The first kappa shape index (κ1) is 22.5. The van der Waals surface area contributed by atoms with Gasteiger partial charge in [-0.25, -0.2) is 0 Å². The van der Waals surface area contributed by atoms with Crippen LogP contribution in [-0.2, 0) is 16.1 Å². The van der Waals surface area contributed by atoms with Crippen molar-refractivity contribution in [3.05, 3.63) is 84.2 Å². The Morgan fingerprint density at radius 3 is 2.55 bits per heavy atom. The van der Waals surface area contributed by atoms with E-state index in [2.05, 4.69) is 15.5 Å². The van der Waals surface area contributed by atoms with Crippen molar-refractivity contribution in [2.45, 2.75) is 18.6 Å². The van der Waals surface area contributed by atoms with Crippen LogP contribution < -0.4 is 10.1 Å². The van der Waals surface area contributed by atoms with Gasteiger partial charge in [-0.05, 0) is 42.7 Å². The van der Waals surface area contributed by atoms with E-state index in [1.165, 1.54) is 0 Å². The van der Waals surface area contributed by atoms with Crippen LogP contribution in [0.1, 0.15) is 18.1 Å². The molecule has 1 aliphatic heterocycles. The van der Waals surface area contributed by atoms with Crippen LogP contribution in [0.15, 0.2) is 78.2 Å². The van der Waals surface area contributed by atoms with Gasteiger partial charge in [0.15, 0.2) is 6.61 Å². The van der Waals surface area contributed by atoms with Crippen LogP contribution >= 0.6 is 11.8 Å². The van der Waals surface area contributed by atoms with Crippen molar-refractivity contribution in [3.63, 3.8) is 0 Å². The zero-order chi connectivity index (χ0) is 23.0. The van der Waals surface area contributed by atoms with E-state index >= 15 is 0 Å². The maximum absolute atomic E-state index is 11.7. The van der Waals surface area contributed by atoms with E-state index in [1.807, 2.05) is 73.8 Å². The number of amides is 2. The Morgan fingerprint density at radius 1 is 1.03 bits per heavy atom. The van der Waals surface area contributed by atoms with Gasteiger partial charge in [0.05, 0.1) is 11.0 Å². The van der Waals surface area contributed by atoms with Gasteiger partial charge in [0.2, 0.25) is 5.91 Å². The third-order valence-electron chi connectivity index (χ3n) is 5.02. The minimum Gasteiger partial charge on any atom is -0.490 e. The SMILES string of the molecule is CC(=NOCCOc1ccc(CC2SC(=O)NC2=O)cc1)c1cncc(-c2ccccc2)c1. The molecule has 2 aromatic carbocycles. The lowest BCUT2D eigenvalue weighted by Gasteiger charge is -2.09. The number of pyridine rings is 1. The second kappa shape index (κ2) is 10.8.